The average Bonchev–Trinajstić information content (AvgIpc) is 2.82. The summed E-state index contributed by atoms with van der Waals surface area (Å²) in [5.41, 5.74) is 10.4. The number of fused-ring (bicyclic) bond motifs is 1. The lowest BCUT2D eigenvalue weighted by atomic mass is 10.0. The van der Waals surface area contributed by atoms with Crippen molar-refractivity contribution in [1.82, 2.24) is 20.0 Å². The third kappa shape index (κ3) is 1.30. The largest absolute Gasteiger partial charge is 0.366 e. The predicted molar refractivity (Wildman–Crippen MR) is 56.6 cm³/mol. The smallest absolute Gasteiger partial charge is 0.240 e. The molecule has 0 fully saturated rings. The number of nitrogens with one attached hydrogen (secondary N) is 1. The first-order chi connectivity index (χ1) is 7.33. The maximum absolute atomic E-state index is 5.51. The van der Waals surface area contributed by atoms with Crippen molar-refractivity contribution in [3.05, 3.63) is 23.9 Å². The second-order valence-corrected chi connectivity index (χ2v) is 3.48. The monoisotopic (exact) mass is 202 g/mol. The highest BCUT2D eigenvalue weighted by molar-refractivity contribution is 5.69. The van der Waals surface area contributed by atoms with Crippen molar-refractivity contribution in [2.24, 2.45) is 5.10 Å². The minimum atomic E-state index is 0.297. The molecule has 0 aliphatic carbocycles. The molecule has 0 saturated carbocycles. The Hall–Kier alpha value is -2.11. The van der Waals surface area contributed by atoms with E-state index in [1.807, 2.05) is 24.5 Å². The molecule has 1 aliphatic rings. The number of hydrogen-bond donors (Lipinski definition) is 2. The summed E-state index contributed by atoms with van der Waals surface area (Å²) in [5.74, 6) is 0.602. The molecule has 3 N–H and O–H groups in total. The molecule has 3 heterocycles. The number of rotatable bonds is 1. The lowest BCUT2D eigenvalue weighted by Gasteiger charge is -2.05. The summed E-state index contributed by atoms with van der Waals surface area (Å²) in [6.45, 7) is 0.829. The fourth-order valence-corrected chi connectivity index (χ4v) is 1.69. The molecule has 1 atom stereocenters. The molecule has 0 amide bonds. The van der Waals surface area contributed by atoms with Crippen LogP contribution in [-0.2, 0) is 0 Å². The van der Waals surface area contributed by atoms with E-state index in [1.54, 1.807) is 4.52 Å². The maximum atomic E-state index is 5.51. The second-order valence-electron chi connectivity index (χ2n) is 3.48. The fourth-order valence-electron chi connectivity index (χ4n) is 1.69. The van der Waals surface area contributed by atoms with Gasteiger partial charge in [-0.05, 0) is 11.6 Å². The van der Waals surface area contributed by atoms with Crippen LogP contribution in [0.5, 0.6) is 0 Å². The molecule has 76 valence electrons. The number of pyridine rings is 1. The average molecular weight is 202 g/mol. The van der Waals surface area contributed by atoms with Gasteiger partial charge in [-0.25, -0.2) is 4.52 Å². The van der Waals surface area contributed by atoms with E-state index in [9.17, 15) is 0 Å². The Morgan fingerprint density at radius 2 is 2.40 bits per heavy atom. The van der Waals surface area contributed by atoms with Gasteiger partial charge in [0.15, 0.2) is 5.65 Å². The molecule has 3 rings (SSSR count). The van der Waals surface area contributed by atoms with Gasteiger partial charge in [0.25, 0.3) is 0 Å². The van der Waals surface area contributed by atoms with Gasteiger partial charge >= 0.3 is 0 Å². The van der Waals surface area contributed by atoms with E-state index < -0.39 is 0 Å². The molecule has 0 saturated heterocycles. The van der Waals surface area contributed by atoms with E-state index in [0.29, 0.717) is 11.9 Å². The van der Waals surface area contributed by atoms with E-state index in [0.717, 1.165) is 17.8 Å². The Morgan fingerprint density at radius 1 is 1.47 bits per heavy atom. The van der Waals surface area contributed by atoms with E-state index in [1.165, 1.54) is 0 Å². The molecule has 0 spiro atoms. The van der Waals surface area contributed by atoms with Crippen LogP contribution in [0.4, 0.5) is 5.95 Å². The van der Waals surface area contributed by atoms with Gasteiger partial charge in [0.1, 0.15) is 0 Å². The molecule has 0 bridgehead atoms. The summed E-state index contributed by atoms with van der Waals surface area (Å²) in [5, 5.41) is 8.05. The van der Waals surface area contributed by atoms with Crippen LogP contribution in [0.25, 0.3) is 5.65 Å². The zero-order valence-electron chi connectivity index (χ0n) is 7.96. The van der Waals surface area contributed by atoms with Gasteiger partial charge in [-0.15, -0.1) is 5.10 Å². The number of hydrogen-bond acceptors (Lipinski definition) is 5. The summed E-state index contributed by atoms with van der Waals surface area (Å²) < 4.78 is 1.69. The van der Waals surface area contributed by atoms with Crippen LogP contribution in [-0.4, -0.2) is 27.4 Å². The number of nitrogens with zero attached hydrogens (tertiary/aromatic N) is 4. The fraction of sp³-hybridized carbons (Fsp3) is 0.222. The molecular formula is C9H10N6. The van der Waals surface area contributed by atoms with Gasteiger partial charge < -0.3 is 11.2 Å². The highest BCUT2D eigenvalue weighted by atomic mass is 15.3. The molecule has 6 heteroatoms. The van der Waals surface area contributed by atoms with Gasteiger partial charge in [0, 0.05) is 24.9 Å². The van der Waals surface area contributed by atoms with Crippen LogP contribution >= 0.6 is 0 Å². The summed E-state index contributed by atoms with van der Waals surface area (Å²) in [4.78, 5) is 4.06. The minimum Gasteiger partial charge on any atom is -0.366 e. The maximum Gasteiger partial charge on any atom is 0.240 e. The van der Waals surface area contributed by atoms with Crippen LogP contribution in [0.1, 0.15) is 11.5 Å². The summed E-state index contributed by atoms with van der Waals surface area (Å²) in [6.07, 6.45) is 3.82. The topological polar surface area (TPSA) is 80.6 Å². The number of hydrazone groups is 1. The van der Waals surface area contributed by atoms with Crippen molar-refractivity contribution in [2.75, 3.05) is 12.3 Å². The highest BCUT2D eigenvalue weighted by Gasteiger charge is 2.13. The van der Waals surface area contributed by atoms with Crippen molar-refractivity contribution < 1.29 is 0 Å². The zero-order valence-corrected chi connectivity index (χ0v) is 7.96. The van der Waals surface area contributed by atoms with E-state index in [4.69, 9.17) is 5.73 Å². The summed E-state index contributed by atoms with van der Waals surface area (Å²) in [7, 11) is 0. The van der Waals surface area contributed by atoms with Gasteiger partial charge in [-0.2, -0.15) is 10.1 Å². The quantitative estimate of drug-likeness (QED) is 0.681. The molecule has 6 nitrogen and oxygen atoms in total. The summed E-state index contributed by atoms with van der Waals surface area (Å²) >= 11 is 0. The van der Waals surface area contributed by atoms with Crippen LogP contribution in [0.15, 0.2) is 23.4 Å². The van der Waals surface area contributed by atoms with E-state index in [-0.39, 0.29) is 0 Å². The number of aromatic nitrogens is 3. The number of nitrogen functional groups attached to an aromatic ring is 1. The molecule has 1 unspecified atom stereocenters. The van der Waals surface area contributed by atoms with Crippen molar-refractivity contribution >= 4 is 17.8 Å². The van der Waals surface area contributed by atoms with Crippen molar-refractivity contribution in [3.8, 4) is 0 Å². The highest BCUT2D eigenvalue weighted by Crippen LogP contribution is 2.16. The Kier molecular flexibility index (Phi) is 1.61. The van der Waals surface area contributed by atoms with Gasteiger partial charge in [-0.1, -0.05) is 6.07 Å². The Morgan fingerprint density at radius 3 is 3.20 bits per heavy atom. The van der Waals surface area contributed by atoms with Gasteiger partial charge in [0.05, 0.1) is 0 Å². The molecule has 2 aromatic heterocycles. The third-order valence-corrected chi connectivity index (χ3v) is 2.46. The van der Waals surface area contributed by atoms with E-state index >= 15 is 0 Å². The second kappa shape index (κ2) is 2.94. The Bertz CT molecular complexity index is 528. The molecule has 2 aromatic rings. The SMILES string of the molecule is Nc1nc2ccc(C3C=NNC3)cn2n1. The predicted octanol–water partition coefficient (Wildman–Crippen LogP) is -0.0159. The lowest BCUT2D eigenvalue weighted by Crippen LogP contribution is -2.09. The van der Waals surface area contributed by atoms with Crippen LogP contribution in [0, 0.1) is 0 Å². The van der Waals surface area contributed by atoms with Crippen molar-refractivity contribution in [3.63, 3.8) is 0 Å². The molecule has 1 aliphatic heterocycles. The minimum absolute atomic E-state index is 0.297. The van der Waals surface area contributed by atoms with Crippen LogP contribution < -0.4 is 11.2 Å². The molecule has 0 radical (unpaired) electrons. The first-order valence-electron chi connectivity index (χ1n) is 4.71. The van der Waals surface area contributed by atoms with Gasteiger partial charge in [0.2, 0.25) is 5.95 Å². The molecule has 0 aromatic carbocycles. The standard InChI is InChI=1S/C9H10N6/c10-9-13-8-2-1-6(5-15(8)14-9)7-3-11-12-4-7/h1-3,5,7,12H,4H2,(H2,10,14). The van der Waals surface area contributed by atoms with Crippen LogP contribution in [0.2, 0.25) is 0 Å². The normalized spacial score (nSPS) is 19.6. The van der Waals surface area contributed by atoms with Crippen molar-refractivity contribution in [2.45, 2.75) is 5.92 Å². The number of anilines is 1. The lowest BCUT2D eigenvalue weighted by molar-refractivity contribution is 0.759. The van der Waals surface area contributed by atoms with E-state index in [2.05, 4.69) is 20.6 Å². The van der Waals surface area contributed by atoms with Crippen LogP contribution in [0.3, 0.4) is 0 Å². The van der Waals surface area contributed by atoms with Gasteiger partial charge in [-0.3, -0.25) is 0 Å². The molecular weight excluding hydrogens is 192 g/mol. The first-order valence-corrected chi connectivity index (χ1v) is 4.71. The Labute approximate surface area is 85.8 Å². The first kappa shape index (κ1) is 8.22. The summed E-state index contributed by atoms with van der Waals surface area (Å²) in [6, 6.07) is 3.93. The third-order valence-electron chi connectivity index (χ3n) is 2.46. The van der Waals surface area contributed by atoms with Crippen molar-refractivity contribution in [1.29, 1.82) is 0 Å². The number of nitrogens with two attached hydrogens (primary N) is 1. The molecule has 15 heavy (non-hydrogen) atoms. The zero-order chi connectivity index (χ0) is 10.3. The Balaban J connectivity index is 2.08.